The van der Waals surface area contributed by atoms with Crippen molar-refractivity contribution in [2.24, 2.45) is 0 Å². The summed E-state index contributed by atoms with van der Waals surface area (Å²) in [7, 11) is -4.31. The number of hydrogen-bond donors (Lipinski definition) is 0. The van der Waals surface area contributed by atoms with Gasteiger partial charge in [0.2, 0.25) is 0 Å². The number of alkyl halides is 12. The molecule has 314 valence electrons. The van der Waals surface area contributed by atoms with E-state index in [1.54, 1.807) is 13.0 Å². The van der Waals surface area contributed by atoms with Crippen LogP contribution in [0.3, 0.4) is 0 Å². The van der Waals surface area contributed by atoms with Crippen molar-refractivity contribution in [2.75, 3.05) is 0 Å². The molecule has 0 nitrogen and oxygen atoms in total. The average Bonchev–Trinajstić information content (AvgIpc) is 3.83. The second-order valence-corrected chi connectivity index (χ2v) is 18.7. The van der Waals surface area contributed by atoms with Gasteiger partial charge in [0, 0.05) is 0 Å². The van der Waals surface area contributed by atoms with Gasteiger partial charge < -0.3 is 0 Å². The molecule has 0 saturated heterocycles. The van der Waals surface area contributed by atoms with E-state index in [0.717, 1.165) is 32.9 Å². The fourth-order valence-electron chi connectivity index (χ4n) is 6.78. The fourth-order valence-corrected chi connectivity index (χ4v) is 12.6. The summed E-state index contributed by atoms with van der Waals surface area (Å²) >= 11 is 0. The van der Waals surface area contributed by atoms with Gasteiger partial charge in [0.15, 0.2) is 0 Å². The van der Waals surface area contributed by atoms with Gasteiger partial charge in [-0.2, -0.15) is 88.6 Å². The first-order chi connectivity index (χ1) is 26.8. The summed E-state index contributed by atoms with van der Waals surface area (Å²) in [5, 5.41) is 0.369. The predicted molar refractivity (Wildman–Crippen MR) is 209 cm³/mol. The van der Waals surface area contributed by atoms with Gasteiger partial charge in [-0.1, -0.05) is 65.6 Å². The molecule has 1 atom stereocenters. The monoisotopic (exact) mass is 910 g/mol. The molecule has 6 rings (SSSR count). The Hall–Kier alpha value is -3.88. The summed E-state index contributed by atoms with van der Waals surface area (Å²) in [5.74, 6) is 0. The molecule has 0 aliphatic heterocycles. The van der Waals surface area contributed by atoms with Crippen LogP contribution in [0.5, 0.6) is 0 Å². The van der Waals surface area contributed by atoms with Crippen molar-refractivity contribution in [3.05, 3.63) is 171 Å². The summed E-state index contributed by atoms with van der Waals surface area (Å²) in [6, 6.07) is 27.4. The number of rotatable bonds is 7. The molecule has 0 aromatic heterocycles. The maximum absolute atomic E-state index is 14.1. The van der Waals surface area contributed by atoms with E-state index in [-0.39, 0.29) is 34.5 Å². The van der Waals surface area contributed by atoms with E-state index in [2.05, 4.69) is 0 Å². The number of aryl methyl sites for hydroxylation is 4. The third-order valence-electron chi connectivity index (χ3n) is 9.09. The van der Waals surface area contributed by atoms with Crippen molar-refractivity contribution in [1.82, 2.24) is 0 Å². The van der Waals surface area contributed by atoms with Gasteiger partial charge in [-0.3, -0.25) is 0 Å². The van der Waals surface area contributed by atoms with E-state index in [1.165, 1.54) is 12.1 Å². The van der Waals surface area contributed by atoms with Crippen LogP contribution in [-0.4, -0.2) is 0 Å². The Morgan fingerprint density at radius 3 is 1.08 bits per heavy atom. The Bertz CT molecular complexity index is 2080. The van der Waals surface area contributed by atoms with Gasteiger partial charge in [-0.05, 0) is 107 Å². The molecule has 0 heterocycles. The van der Waals surface area contributed by atoms with Gasteiger partial charge in [-0.15, -0.1) is 5.30 Å². The minimum atomic E-state index is -5.33. The van der Waals surface area contributed by atoms with Crippen LogP contribution in [0.1, 0.15) is 62.7 Å². The first-order valence-corrected chi connectivity index (χ1v) is 20.4. The quantitative estimate of drug-likeness (QED) is 0.0648. The zero-order valence-corrected chi connectivity index (χ0v) is 34.8. The van der Waals surface area contributed by atoms with E-state index in [1.807, 2.05) is 94.4 Å². The molecule has 0 saturated carbocycles. The van der Waals surface area contributed by atoms with Crippen molar-refractivity contribution in [2.45, 2.75) is 65.0 Å². The maximum atomic E-state index is 14.1. The zero-order chi connectivity index (χ0) is 43.0. The van der Waals surface area contributed by atoms with Crippen LogP contribution in [0.25, 0.3) is 0 Å². The Kier molecular flexibility index (Phi) is 14.9. The Balaban J connectivity index is 0.00000119. The van der Waals surface area contributed by atoms with Crippen LogP contribution in [0.2, 0.25) is 0 Å². The molecule has 0 aliphatic carbocycles. The summed E-state index contributed by atoms with van der Waals surface area (Å²) in [5.41, 5.74) is -3.50. The van der Waals surface area contributed by atoms with Crippen LogP contribution in [0.15, 0.2) is 121 Å². The van der Waals surface area contributed by atoms with Gasteiger partial charge >= 0.3 is 41.8 Å². The Morgan fingerprint density at radius 2 is 0.797 bits per heavy atom. The largest absolute Gasteiger partial charge is 2.00 e. The Morgan fingerprint density at radius 1 is 0.458 bits per heavy atom. The summed E-state index contributed by atoms with van der Waals surface area (Å²) in [6.45, 7) is 9.36. The number of benzene rings is 4. The molecule has 6 aromatic rings. The van der Waals surface area contributed by atoms with Gasteiger partial charge in [0.1, 0.15) is 0 Å². The van der Waals surface area contributed by atoms with Crippen LogP contribution >= 0.6 is 15.8 Å². The average molecular weight is 911 g/mol. The summed E-state index contributed by atoms with van der Waals surface area (Å²) in [6.07, 6.45) is -21.3. The standard InChI is InChI=1S/C39H31F12P2.C5H5.Fe/c1-21-9-22(2)12-30(11-21)52(31-13-23(3)10-24(4)14-31)25(5)34-7-6-8-35(34)53(32-17-26(36(40,41)42)15-27(18-32)37(43,44)45)33-19-28(38(46,47)48)16-29(20-33)39(49,50)51;1-2-4-5-3-1;/h6-20,25H,1-5H3;1-5H;/q2*-1;+2/t25-;;/m0../s1. The fraction of sp³-hybridized carbons (Fsp3) is 0.227. The molecule has 0 amide bonds. The minimum absolute atomic E-state index is 0. The van der Waals surface area contributed by atoms with Crippen molar-refractivity contribution in [3.8, 4) is 0 Å². The molecule has 0 aliphatic rings. The van der Waals surface area contributed by atoms with E-state index >= 15 is 0 Å². The van der Waals surface area contributed by atoms with Crippen LogP contribution in [0, 0.1) is 27.7 Å². The molecular weight excluding hydrogens is 874 g/mol. The van der Waals surface area contributed by atoms with Crippen molar-refractivity contribution in [1.29, 1.82) is 0 Å². The summed E-state index contributed by atoms with van der Waals surface area (Å²) < 4.78 is 170. The molecule has 15 heteroatoms. The van der Waals surface area contributed by atoms with Crippen molar-refractivity contribution in [3.63, 3.8) is 0 Å². The maximum Gasteiger partial charge on any atom is 2.00 e. The molecular formula is C44H36F12FeP2. The zero-order valence-electron chi connectivity index (χ0n) is 31.9. The molecule has 0 N–H and O–H groups in total. The third-order valence-corrected chi connectivity index (χ3v) is 14.2. The van der Waals surface area contributed by atoms with Crippen molar-refractivity contribution < 1.29 is 69.8 Å². The predicted octanol–water partition coefficient (Wildman–Crippen LogP) is 13.1. The smallest absolute Gasteiger partial charge is 0.214 e. The summed E-state index contributed by atoms with van der Waals surface area (Å²) in [4.78, 5) is 0. The van der Waals surface area contributed by atoms with Crippen LogP contribution < -0.4 is 26.5 Å². The van der Waals surface area contributed by atoms with Gasteiger partial charge in [-0.25, -0.2) is 18.2 Å². The van der Waals surface area contributed by atoms with Crippen LogP contribution in [0.4, 0.5) is 52.7 Å². The number of hydrogen-bond acceptors (Lipinski definition) is 0. The molecule has 6 aromatic carbocycles. The van der Waals surface area contributed by atoms with Gasteiger partial charge in [0.25, 0.3) is 0 Å². The molecule has 0 spiro atoms. The Labute approximate surface area is 347 Å². The van der Waals surface area contributed by atoms with E-state index in [4.69, 9.17) is 0 Å². The van der Waals surface area contributed by atoms with Crippen LogP contribution in [-0.2, 0) is 41.8 Å². The van der Waals surface area contributed by atoms with E-state index in [9.17, 15) is 52.7 Å². The second-order valence-electron chi connectivity index (χ2n) is 13.9. The normalized spacial score (nSPS) is 12.9. The van der Waals surface area contributed by atoms with E-state index in [0.29, 0.717) is 29.8 Å². The molecule has 0 bridgehead atoms. The van der Waals surface area contributed by atoms with Crippen molar-refractivity contribution >= 4 is 42.4 Å². The molecule has 59 heavy (non-hydrogen) atoms. The SMILES string of the molecule is Cc1cc(C)cc(P(c2cc(C)cc(C)c2)[C@@H](C)c2cc[cH-]c2P(c2cc(C(F)(F)F)cc(C(F)(F)F)c2)c2cc(C(F)(F)F)cc(C(F)(F)F)c2)c1.[Fe+2].c1cc[cH-]c1. The minimum Gasteiger partial charge on any atom is -0.214 e. The number of halogens is 12. The second kappa shape index (κ2) is 18.4. The van der Waals surface area contributed by atoms with Gasteiger partial charge in [0.05, 0.1) is 22.3 Å². The topological polar surface area (TPSA) is 0 Å². The third kappa shape index (κ3) is 11.9. The first kappa shape index (κ1) is 47.8. The molecule has 0 fully saturated rings. The first-order valence-electron chi connectivity index (χ1n) is 17.6. The van der Waals surface area contributed by atoms with E-state index < -0.39 is 79.1 Å². The molecule has 0 radical (unpaired) electrons. The molecule has 0 unspecified atom stereocenters.